The fourth-order valence-corrected chi connectivity index (χ4v) is 3.95. The Balaban J connectivity index is 1.59. The van der Waals surface area contributed by atoms with Crippen LogP contribution in [0.15, 0.2) is 36.4 Å². The molecular formula is C19H21N3O2. The van der Waals surface area contributed by atoms with E-state index in [0.717, 1.165) is 29.3 Å². The lowest BCUT2D eigenvalue weighted by Crippen LogP contribution is -2.42. The van der Waals surface area contributed by atoms with Crippen LogP contribution in [0.4, 0.5) is 5.69 Å². The van der Waals surface area contributed by atoms with Crippen molar-refractivity contribution in [3.05, 3.63) is 42.0 Å². The number of hydrogen-bond donors (Lipinski definition) is 3. The van der Waals surface area contributed by atoms with Gasteiger partial charge in [-0.1, -0.05) is 18.2 Å². The van der Waals surface area contributed by atoms with Gasteiger partial charge in [0.1, 0.15) is 0 Å². The minimum absolute atomic E-state index is 0.0473. The van der Waals surface area contributed by atoms with Crippen LogP contribution in [0.2, 0.25) is 0 Å². The van der Waals surface area contributed by atoms with Crippen LogP contribution >= 0.6 is 0 Å². The maximum Gasteiger partial charge on any atom is 0.251 e. The first-order valence-corrected chi connectivity index (χ1v) is 8.47. The Kier molecular flexibility index (Phi) is 3.73. The van der Waals surface area contributed by atoms with E-state index in [-0.39, 0.29) is 17.9 Å². The summed E-state index contributed by atoms with van der Waals surface area (Å²) in [5.41, 5.74) is 1.36. The molecule has 3 atom stereocenters. The average Bonchev–Trinajstić information content (AvgIpc) is 3.17. The third-order valence-electron chi connectivity index (χ3n) is 5.07. The predicted octanol–water partition coefficient (Wildman–Crippen LogP) is 2.42. The SMILES string of the molecule is CC(=O)Nc1cccc2ccc(C(=O)NC3CC4CCC3N4)cc12. The van der Waals surface area contributed by atoms with Crippen LogP contribution in [0.1, 0.15) is 36.5 Å². The first-order valence-electron chi connectivity index (χ1n) is 8.47. The number of carbonyl (C=O) groups is 2. The van der Waals surface area contributed by atoms with Gasteiger partial charge in [0.05, 0.1) is 0 Å². The Morgan fingerprint density at radius 1 is 1.17 bits per heavy atom. The Morgan fingerprint density at radius 2 is 2.04 bits per heavy atom. The van der Waals surface area contributed by atoms with Crippen LogP contribution in [-0.2, 0) is 4.79 Å². The van der Waals surface area contributed by atoms with Crippen molar-refractivity contribution in [3.63, 3.8) is 0 Å². The zero-order valence-corrected chi connectivity index (χ0v) is 13.6. The molecule has 0 spiro atoms. The monoisotopic (exact) mass is 323 g/mol. The topological polar surface area (TPSA) is 70.2 Å². The number of anilines is 1. The largest absolute Gasteiger partial charge is 0.348 e. The number of nitrogens with one attached hydrogen (secondary N) is 3. The van der Waals surface area contributed by atoms with Gasteiger partial charge in [0.25, 0.3) is 5.91 Å². The Morgan fingerprint density at radius 3 is 2.75 bits per heavy atom. The summed E-state index contributed by atoms with van der Waals surface area (Å²) in [6.45, 7) is 1.48. The van der Waals surface area contributed by atoms with Crippen molar-refractivity contribution in [2.24, 2.45) is 0 Å². The number of rotatable bonds is 3. The van der Waals surface area contributed by atoms with E-state index in [4.69, 9.17) is 0 Å². The Hall–Kier alpha value is -2.40. The van der Waals surface area contributed by atoms with Gasteiger partial charge >= 0.3 is 0 Å². The van der Waals surface area contributed by atoms with Crippen LogP contribution in [0.3, 0.4) is 0 Å². The number of fused-ring (bicyclic) bond motifs is 3. The minimum Gasteiger partial charge on any atom is -0.348 e. The van der Waals surface area contributed by atoms with Crippen LogP contribution in [0.25, 0.3) is 10.8 Å². The highest BCUT2D eigenvalue weighted by Crippen LogP contribution is 2.29. The molecule has 5 nitrogen and oxygen atoms in total. The number of benzene rings is 2. The molecule has 0 saturated carbocycles. The minimum atomic E-state index is -0.120. The summed E-state index contributed by atoms with van der Waals surface area (Å²) in [6.07, 6.45) is 3.37. The first kappa shape index (κ1) is 15.1. The third kappa shape index (κ3) is 2.76. The second-order valence-electron chi connectivity index (χ2n) is 6.79. The quantitative estimate of drug-likeness (QED) is 0.812. The molecule has 3 N–H and O–H groups in total. The van der Waals surface area contributed by atoms with Crippen molar-refractivity contribution in [1.82, 2.24) is 10.6 Å². The molecule has 3 unspecified atom stereocenters. The molecule has 2 saturated heterocycles. The molecule has 2 fully saturated rings. The molecule has 2 aromatic carbocycles. The van der Waals surface area contributed by atoms with E-state index in [1.54, 1.807) is 0 Å². The molecule has 2 aliphatic rings. The standard InChI is InChI=1S/C19H21N3O2/c1-11(23)20-16-4-2-3-12-5-6-13(9-15(12)16)19(24)22-18-10-14-7-8-17(18)21-14/h2-6,9,14,17-18,21H,7-8,10H2,1H3,(H,20,23)(H,22,24). The van der Waals surface area contributed by atoms with Gasteiger partial charge in [-0.25, -0.2) is 0 Å². The third-order valence-corrected chi connectivity index (χ3v) is 5.07. The molecule has 2 aliphatic heterocycles. The molecule has 2 aromatic rings. The predicted molar refractivity (Wildman–Crippen MR) is 94.1 cm³/mol. The van der Waals surface area contributed by atoms with Crippen LogP contribution in [-0.4, -0.2) is 29.9 Å². The van der Waals surface area contributed by atoms with E-state index in [0.29, 0.717) is 17.6 Å². The van der Waals surface area contributed by atoms with Crippen molar-refractivity contribution >= 4 is 28.3 Å². The summed E-state index contributed by atoms with van der Waals surface area (Å²) in [6, 6.07) is 12.5. The van der Waals surface area contributed by atoms with Crippen molar-refractivity contribution < 1.29 is 9.59 Å². The number of amides is 2. The molecule has 2 heterocycles. The Labute approximate surface area is 140 Å². The fourth-order valence-electron chi connectivity index (χ4n) is 3.95. The zero-order chi connectivity index (χ0) is 16.7. The molecular weight excluding hydrogens is 302 g/mol. The summed E-state index contributed by atoms with van der Waals surface area (Å²) < 4.78 is 0. The van der Waals surface area contributed by atoms with E-state index < -0.39 is 0 Å². The summed E-state index contributed by atoms with van der Waals surface area (Å²) in [4.78, 5) is 24.0. The van der Waals surface area contributed by atoms with Gasteiger partial charge in [-0.15, -0.1) is 0 Å². The molecule has 2 bridgehead atoms. The smallest absolute Gasteiger partial charge is 0.251 e. The van der Waals surface area contributed by atoms with E-state index in [1.165, 1.54) is 13.3 Å². The maximum absolute atomic E-state index is 12.6. The molecule has 124 valence electrons. The summed E-state index contributed by atoms with van der Waals surface area (Å²) in [5, 5.41) is 11.4. The lowest BCUT2D eigenvalue weighted by Gasteiger charge is -2.21. The van der Waals surface area contributed by atoms with Crippen molar-refractivity contribution in [1.29, 1.82) is 0 Å². The average molecular weight is 323 g/mol. The highest BCUT2D eigenvalue weighted by Gasteiger charge is 2.39. The molecule has 4 rings (SSSR count). The van der Waals surface area contributed by atoms with Crippen molar-refractivity contribution in [3.8, 4) is 0 Å². The van der Waals surface area contributed by atoms with Crippen molar-refractivity contribution in [2.45, 2.75) is 44.3 Å². The van der Waals surface area contributed by atoms with E-state index in [9.17, 15) is 9.59 Å². The van der Waals surface area contributed by atoms with Crippen molar-refractivity contribution in [2.75, 3.05) is 5.32 Å². The lowest BCUT2D eigenvalue weighted by atomic mass is 9.95. The highest BCUT2D eigenvalue weighted by atomic mass is 16.2. The molecule has 24 heavy (non-hydrogen) atoms. The molecule has 0 radical (unpaired) electrons. The summed E-state index contributed by atoms with van der Waals surface area (Å²) in [7, 11) is 0. The van der Waals surface area contributed by atoms with Gasteiger partial charge < -0.3 is 16.0 Å². The summed E-state index contributed by atoms with van der Waals surface area (Å²) in [5.74, 6) is -0.167. The Bertz CT molecular complexity index is 817. The van der Waals surface area contributed by atoms with Crippen LogP contribution < -0.4 is 16.0 Å². The maximum atomic E-state index is 12.6. The van der Waals surface area contributed by atoms with Gasteiger partial charge in [0.15, 0.2) is 0 Å². The first-order chi connectivity index (χ1) is 11.6. The van der Waals surface area contributed by atoms with Gasteiger partial charge in [-0.3, -0.25) is 9.59 Å². The van der Waals surface area contributed by atoms with Gasteiger partial charge in [-0.2, -0.15) is 0 Å². The zero-order valence-electron chi connectivity index (χ0n) is 13.6. The van der Waals surface area contributed by atoms with E-state index in [2.05, 4.69) is 16.0 Å². The lowest BCUT2D eigenvalue weighted by molar-refractivity contribution is -0.114. The molecule has 0 aliphatic carbocycles. The molecule has 2 amide bonds. The normalized spacial score (nSPS) is 25.0. The molecule has 5 heteroatoms. The summed E-state index contributed by atoms with van der Waals surface area (Å²) >= 11 is 0. The fraction of sp³-hybridized carbons (Fsp3) is 0.368. The van der Waals surface area contributed by atoms with Crippen LogP contribution in [0.5, 0.6) is 0 Å². The second-order valence-corrected chi connectivity index (χ2v) is 6.79. The van der Waals surface area contributed by atoms with Gasteiger partial charge in [-0.05, 0) is 42.8 Å². The second kappa shape index (κ2) is 5.91. The number of carbonyl (C=O) groups excluding carboxylic acids is 2. The van der Waals surface area contributed by atoms with Gasteiger partial charge in [0.2, 0.25) is 5.91 Å². The highest BCUT2D eigenvalue weighted by molar-refractivity contribution is 6.05. The van der Waals surface area contributed by atoms with E-state index >= 15 is 0 Å². The van der Waals surface area contributed by atoms with E-state index in [1.807, 2.05) is 36.4 Å². The number of hydrogen-bond acceptors (Lipinski definition) is 3. The molecule has 0 aromatic heterocycles. The van der Waals surface area contributed by atoms with Crippen LogP contribution in [0, 0.1) is 0 Å². The van der Waals surface area contributed by atoms with Gasteiger partial charge in [0, 0.05) is 41.7 Å².